The maximum atomic E-state index is 9.49. The smallest absolute Gasteiger partial charge is 0.122 e. The fourth-order valence-electron chi connectivity index (χ4n) is 2.20. The lowest BCUT2D eigenvalue weighted by Gasteiger charge is -2.17. The molecule has 0 unspecified atom stereocenters. The van der Waals surface area contributed by atoms with Gasteiger partial charge in [-0.25, -0.2) is 0 Å². The highest BCUT2D eigenvalue weighted by Gasteiger charge is 2.01. The number of unbranched alkanes of at least 4 members (excludes halogenated alkanes) is 3. The summed E-state index contributed by atoms with van der Waals surface area (Å²) in [5.41, 5.74) is 0.930. The van der Waals surface area contributed by atoms with E-state index in [0.29, 0.717) is 17.6 Å². The predicted molar refractivity (Wildman–Crippen MR) is 113 cm³/mol. The summed E-state index contributed by atoms with van der Waals surface area (Å²) in [7, 11) is 0. The SMILES string of the molecule is CCCCCCc1ccc(O)cc1O.Cl.ClCCN(CCCl)CCCl. The van der Waals surface area contributed by atoms with E-state index in [0.717, 1.165) is 38.0 Å². The molecule has 0 radical (unpaired) electrons. The molecule has 0 aliphatic rings. The number of halogens is 4. The summed E-state index contributed by atoms with van der Waals surface area (Å²) in [5.74, 6) is 2.27. The minimum atomic E-state index is 0. The molecule has 0 atom stereocenters. The lowest BCUT2D eigenvalue weighted by molar-refractivity contribution is 0.327. The third-order valence-electron chi connectivity index (χ3n) is 3.57. The number of alkyl halides is 3. The highest BCUT2D eigenvalue weighted by molar-refractivity contribution is 6.18. The maximum absolute atomic E-state index is 9.49. The van der Waals surface area contributed by atoms with Gasteiger partial charge in [-0.1, -0.05) is 32.3 Å². The van der Waals surface area contributed by atoms with E-state index < -0.39 is 0 Å². The summed E-state index contributed by atoms with van der Waals surface area (Å²) in [6.07, 6.45) is 5.68. The third-order valence-corrected chi connectivity index (χ3v) is 4.08. The molecule has 2 N–H and O–H groups in total. The van der Waals surface area contributed by atoms with Crippen LogP contribution in [0.2, 0.25) is 0 Å². The van der Waals surface area contributed by atoms with Gasteiger partial charge in [0.05, 0.1) is 0 Å². The van der Waals surface area contributed by atoms with Crippen molar-refractivity contribution in [2.24, 2.45) is 0 Å². The molecule has 3 nitrogen and oxygen atoms in total. The molecule has 0 spiro atoms. The van der Waals surface area contributed by atoms with Crippen LogP contribution in [0.5, 0.6) is 11.5 Å². The first-order valence-corrected chi connectivity index (χ1v) is 10.1. The van der Waals surface area contributed by atoms with Crippen LogP contribution in [-0.2, 0) is 6.42 Å². The van der Waals surface area contributed by atoms with Crippen molar-refractivity contribution in [2.45, 2.75) is 39.0 Å². The number of phenols is 2. The molecule has 0 saturated carbocycles. The van der Waals surface area contributed by atoms with Gasteiger partial charge in [-0.15, -0.1) is 47.2 Å². The normalized spacial score (nSPS) is 10.1. The van der Waals surface area contributed by atoms with Crippen molar-refractivity contribution in [1.82, 2.24) is 4.90 Å². The Morgan fingerprint density at radius 3 is 1.88 bits per heavy atom. The number of phenolic OH excluding ortho intramolecular Hbond substituents is 2. The Balaban J connectivity index is 0. The number of aryl methyl sites for hydroxylation is 1. The Kier molecular flexibility index (Phi) is 20.3. The quantitative estimate of drug-likeness (QED) is 0.349. The number of benzene rings is 1. The van der Waals surface area contributed by atoms with Gasteiger partial charge in [0, 0.05) is 43.3 Å². The average molecular weight is 435 g/mol. The van der Waals surface area contributed by atoms with Gasteiger partial charge < -0.3 is 10.2 Å². The zero-order valence-corrected chi connectivity index (χ0v) is 18.0. The van der Waals surface area contributed by atoms with Crippen LogP contribution < -0.4 is 0 Å². The van der Waals surface area contributed by atoms with Gasteiger partial charge in [0.15, 0.2) is 0 Å². The fraction of sp³-hybridized carbons (Fsp3) is 0.667. The lowest BCUT2D eigenvalue weighted by Crippen LogP contribution is -2.29. The van der Waals surface area contributed by atoms with E-state index in [1.165, 1.54) is 25.3 Å². The van der Waals surface area contributed by atoms with Crippen LogP contribution in [0, 0.1) is 0 Å². The van der Waals surface area contributed by atoms with E-state index in [4.69, 9.17) is 39.9 Å². The predicted octanol–water partition coefficient (Wildman–Crippen LogP) is 5.65. The zero-order valence-electron chi connectivity index (χ0n) is 14.9. The largest absolute Gasteiger partial charge is 0.508 e. The lowest BCUT2D eigenvalue weighted by atomic mass is 10.1. The van der Waals surface area contributed by atoms with Crippen LogP contribution >= 0.6 is 47.2 Å². The van der Waals surface area contributed by atoms with Crippen LogP contribution in [0.1, 0.15) is 38.2 Å². The average Bonchev–Trinajstić information content (AvgIpc) is 2.55. The van der Waals surface area contributed by atoms with Gasteiger partial charge in [-0.05, 0) is 24.5 Å². The van der Waals surface area contributed by atoms with E-state index in [9.17, 15) is 5.11 Å². The monoisotopic (exact) mass is 433 g/mol. The molecular formula is C18H31Cl4NO2. The molecule has 0 aromatic heterocycles. The Bertz CT molecular complexity index is 408. The van der Waals surface area contributed by atoms with Crippen molar-refractivity contribution in [3.05, 3.63) is 23.8 Å². The van der Waals surface area contributed by atoms with E-state index >= 15 is 0 Å². The van der Waals surface area contributed by atoms with E-state index in [1.807, 2.05) is 0 Å². The number of nitrogens with zero attached hydrogens (tertiary/aromatic N) is 1. The molecule has 0 aliphatic carbocycles. The molecule has 0 saturated heterocycles. The number of rotatable bonds is 11. The number of hydrogen-bond acceptors (Lipinski definition) is 3. The minimum absolute atomic E-state index is 0. The maximum Gasteiger partial charge on any atom is 0.122 e. The Hall–Kier alpha value is -0.0600. The molecule has 0 heterocycles. The highest BCUT2D eigenvalue weighted by atomic mass is 35.5. The first-order valence-electron chi connectivity index (χ1n) is 8.50. The second-order valence-corrected chi connectivity index (χ2v) is 6.67. The van der Waals surface area contributed by atoms with E-state index in [2.05, 4.69) is 11.8 Å². The molecule has 0 bridgehead atoms. The summed E-state index contributed by atoms with van der Waals surface area (Å²) in [4.78, 5) is 2.15. The molecule has 25 heavy (non-hydrogen) atoms. The molecule has 0 aliphatic heterocycles. The minimum Gasteiger partial charge on any atom is -0.508 e. The summed E-state index contributed by atoms with van der Waals surface area (Å²) >= 11 is 16.6. The molecule has 148 valence electrons. The van der Waals surface area contributed by atoms with Gasteiger partial charge in [-0.3, -0.25) is 4.90 Å². The van der Waals surface area contributed by atoms with Crippen LogP contribution in [0.15, 0.2) is 18.2 Å². The van der Waals surface area contributed by atoms with Crippen LogP contribution in [0.3, 0.4) is 0 Å². The zero-order chi connectivity index (χ0) is 18.2. The molecule has 0 fully saturated rings. The van der Waals surface area contributed by atoms with Gasteiger partial charge in [0.2, 0.25) is 0 Å². The molecule has 1 rings (SSSR count). The summed E-state index contributed by atoms with van der Waals surface area (Å²) < 4.78 is 0. The Labute approximate surface area is 173 Å². The highest BCUT2D eigenvalue weighted by Crippen LogP contribution is 2.24. The fourth-order valence-corrected chi connectivity index (χ4v) is 2.92. The second kappa shape index (κ2) is 18.7. The molecular weight excluding hydrogens is 404 g/mol. The Morgan fingerprint density at radius 1 is 0.880 bits per heavy atom. The van der Waals surface area contributed by atoms with Crippen molar-refractivity contribution in [3.63, 3.8) is 0 Å². The molecule has 0 amide bonds. The van der Waals surface area contributed by atoms with Crippen molar-refractivity contribution in [3.8, 4) is 11.5 Å². The number of aromatic hydroxyl groups is 2. The first-order chi connectivity index (χ1) is 11.6. The molecule has 7 heteroatoms. The van der Waals surface area contributed by atoms with Gasteiger partial charge in [0.1, 0.15) is 11.5 Å². The topological polar surface area (TPSA) is 43.7 Å². The van der Waals surface area contributed by atoms with Crippen LogP contribution in [-0.4, -0.2) is 52.4 Å². The van der Waals surface area contributed by atoms with Gasteiger partial charge >= 0.3 is 0 Å². The van der Waals surface area contributed by atoms with Crippen LogP contribution in [0.25, 0.3) is 0 Å². The second-order valence-electron chi connectivity index (χ2n) is 5.53. The van der Waals surface area contributed by atoms with Crippen molar-refractivity contribution >= 4 is 47.2 Å². The standard InChI is InChI=1S/C12H18O2.C6H12Cl3N.ClH/c1-2-3-4-5-6-10-7-8-11(13)9-12(10)14;7-1-4-10(5-2-8)6-3-9;/h7-9,13-14H,2-6H2,1H3;1-6H2;1H. The molecule has 1 aromatic carbocycles. The van der Waals surface area contributed by atoms with Crippen molar-refractivity contribution < 1.29 is 10.2 Å². The van der Waals surface area contributed by atoms with Crippen LogP contribution in [0.4, 0.5) is 0 Å². The van der Waals surface area contributed by atoms with Gasteiger partial charge in [-0.2, -0.15) is 0 Å². The van der Waals surface area contributed by atoms with Crippen molar-refractivity contribution in [2.75, 3.05) is 37.3 Å². The molecule has 1 aromatic rings. The number of hydrogen-bond donors (Lipinski definition) is 2. The van der Waals surface area contributed by atoms with Crippen molar-refractivity contribution in [1.29, 1.82) is 0 Å². The summed E-state index contributed by atoms with van der Waals surface area (Å²) in [5, 5.41) is 18.6. The summed E-state index contributed by atoms with van der Waals surface area (Å²) in [6, 6.07) is 4.81. The summed E-state index contributed by atoms with van der Waals surface area (Å²) in [6.45, 7) is 4.81. The Morgan fingerprint density at radius 2 is 1.44 bits per heavy atom. The van der Waals surface area contributed by atoms with E-state index in [-0.39, 0.29) is 23.9 Å². The first kappa shape index (κ1) is 27.2. The van der Waals surface area contributed by atoms with Gasteiger partial charge in [0.25, 0.3) is 0 Å². The van der Waals surface area contributed by atoms with E-state index in [1.54, 1.807) is 12.1 Å². The third kappa shape index (κ3) is 14.8.